The molecule has 9 heteroatoms. The number of aliphatic imine (C=N–C) groups is 1. The lowest BCUT2D eigenvalue weighted by molar-refractivity contribution is -0.143. The molecule has 1 fully saturated rings. The first-order valence-electron chi connectivity index (χ1n) is 7.21. The number of likely N-dealkylation sites (tertiary alicyclic amines) is 1. The highest BCUT2D eigenvalue weighted by atomic mass is 127. The van der Waals surface area contributed by atoms with Gasteiger partial charge < -0.3 is 15.5 Å². The summed E-state index contributed by atoms with van der Waals surface area (Å²) in [6.07, 6.45) is -2.44. The molecule has 5 nitrogen and oxygen atoms in total. The first-order chi connectivity index (χ1) is 9.80. The van der Waals surface area contributed by atoms with Gasteiger partial charge in [0.2, 0.25) is 0 Å². The Morgan fingerprint density at radius 3 is 2.59 bits per heavy atom. The molecule has 2 N–H and O–H groups in total. The maximum Gasteiger partial charge on any atom is 0.401 e. The molecule has 0 saturated carbocycles. The summed E-state index contributed by atoms with van der Waals surface area (Å²) in [5.74, 6) is 0.660. The Labute approximate surface area is 147 Å². The Morgan fingerprint density at radius 1 is 1.36 bits per heavy atom. The van der Waals surface area contributed by atoms with Crippen molar-refractivity contribution in [3.8, 4) is 0 Å². The number of guanidine groups is 1. The minimum Gasteiger partial charge on any atom is -0.356 e. The molecule has 1 aliphatic rings. The Morgan fingerprint density at radius 2 is 2.05 bits per heavy atom. The van der Waals surface area contributed by atoms with E-state index in [9.17, 15) is 13.2 Å². The number of alkyl halides is 3. The van der Waals surface area contributed by atoms with Gasteiger partial charge in [0.25, 0.3) is 0 Å². The molecule has 0 radical (unpaired) electrons. The van der Waals surface area contributed by atoms with Crippen molar-refractivity contribution in [2.45, 2.75) is 25.1 Å². The molecule has 1 heterocycles. The molecule has 1 rings (SSSR count). The largest absolute Gasteiger partial charge is 0.401 e. The van der Waals surface area contributed by atoms with Crippen LogP contribution in [0.5, 0.6) is 0 Å². The first kappa shape index (κ1) is 21.7. The highest BCUT2D eigenvalue weighted by Gasteiger charge is 2.34. The molecule has 1 aliphatic heterocycles. The Kier molecular flexibility index (Phi) is 10.3. The average Bonchev–Trinajstić information content (AvgIpc) is 2.77. The van der Waals surface area contributed by atoms with E-state index in [0.29, 0.717) is 25.5 Å². The molecule has 0 spiro atoms. The summed E-state index contributed by atoms with van der Waals surface area (Å²) < 4.78 is 37.0. The lowest BCUT2D eigenvalue weighted by atomic mass is 10.3. The standard InChI is InChI=1S/C13H26F3N5.HI/c1-17-12(18-6-4-7-20(2)3)19-11-5-8-21(9-11)10-13(14,15)16;/h11H,4-10H2,1-3H3,(H2,17,18,19);1H. The van der Waals surface area contributed by atoms with Gasteiger partial charge in [-0.05, 0) is 33.5 Å². The summed E-state index contributed by atoms with van der Waals surface area (Å²) in [7, 11) is 5.70. The molecule has 0 amide bonds. The van der Waals surface area contributed by atoms with E-state index in [1.165, 1.54) is 4.90 Å². The fourth-order valence-corrected chi connectivity index (χ4v) is 2.34. The molecule has 1 atom stereocenters. The van der Waals surface area contributed by atoms with E-state index in [1.54, 1.807) is 7.05 Å². The van der Waals surface area contributed by atoms with Gasteiger partial charge in [0.1, 0.15) is 0 Å². The Bertz CT molecular complexity index is 336. The number of hydrogen-bond donors (Lipinski definition) is 2. The third-order valence-electron chi connectivity index (χ3n) is 3.31. The second-order valence-electron chi connectivity index (χ2n) is 5.64. The third kappa shape index (κ3) is 9.67. The average molecular weight is 437 g/mol. The van der Waals surface area contributed by atoms with Crippen LogP contribution in [0.1, 0.15) is 12.8 Å². The van der Waals surface area contributed by atoms with Crippen molar-refractivity contribution >= 4 is 29.9 Å². The lowest BCUT2D eigenvalue weighted by Crippen LogP contribution is -2.45. The van der Waals surface area contributed by atoms with Crippen LogP contribution < -0.4 is 10.6 Å². The molecule has 0 bridgehead atoms. The highest BCUT2D eigenvalue weighted by Crippen LogP contribution is 2.19. The van der Waals surface area contributed by atoms with Crippen molar-refractivity contribution in [1.82, 2.24) is 20.4 Å². The van der Waals surface area contributed by atoms with Gasteiger partial charge >= 0.3 is 6.18 Å². The minimum absolute atomic E-state index is 0. The zero-order chi connectivity index (χ0) is 15.9. The van der Waals surface area contributed by atoms with E-state index < -0.39 is 12.7 Å². The molecule has 0 aromatic rings. The minimum atomic E-state index is -4.12. The summed E-state index contributed by atoms with van der Waals surface area (Å²) in [6, 6.07) is 0.0207. The molecule has 1 saturated heterocycles. The van der Waals surface area contributed by atoms with E-state index in [-0.39, 0.29) is 30.0 Å². The van der Waals surface area contributed by atoms with E-state index >= 15 is 0 Å². The molecule has 132 valence electrons. The molecule has 0 aliphatic carbocycles. The van der Waals surface area contributed by atoms with Crippen LogP contribution in [0, 0.1) is 0 Å². The molecular formula is C13H27F3IN5. The number of nitrogens with one attached hydrogen (secondary N) is 2. The van der Waals surface area contributed by atoms with Crippen LogP contribution in [0.15, 0.2) is 4.99 Å². The van der Waals surface area contributed by atoms with Crippen molar-refractivity contribution in [3.63, 3.8) is 0 Å². The fourth-order valence-electron chi connectivity index (χ4n) is 2.34. The normalized spacial score (nSPS) is 20.1. The van der Waals surface area contributed by atoms with E-state index in [4.69, 9.17) is 0 Å². The van der Waals surface area contributed by atoms with Crippen LogP contribution in [0.2, 0.25) is 0 Å². The predicted molar refractivity (Wildman–Crippen MR) is 94.0 cm³/mol. The van der Waals surface area contributed by atoms with E-state index in [0.717, 1.165) is 19.5 Å². The van der Waals surface area contributed by atoms with Crippen LogP contribution in [-0.4, -0.2) is 81.8 Å². The highest BCUT2D eigenvalue weighted by molar-refractivity contribution is 14.0. The Hall–Kier alpha value is -0.290. The maximum atomic E-state index is 12.3. The lowest BCUT2D eigenvalue weighted by Gasteiger charge is -2.20. The van der Waals surface area contributed by atoms with Crippen molar-refractivity contribution in [1.29, 1.82) is 0 Å². The van der Waals surface area contributed by atoms with Crippen LogP contribution in [0.25, 0.3) is 0 Å². The quantitative estimate of drug-likeness (QED) is 0.285. The SMILES string of the molecule is CN=C(NCCCN(C)C)NC1CCN(CC(F)(F)F)C1.I. The number of rotatable bonds is 6. The van der Waals surface area contributed by atoms with E-state index in [2.05, 4.69) is 20.5 Å². The van der Waals surface area contributed by atoms with Crippen molar-refractivity contribution in [2.75, 3.05) is 53.9 Å². The molecule has 22 heavy (non-hydrogen) atoms. The third-order valence-corrected chi connectivity index (χ3v) is 3.31. The van der Waals surface area contributed by atoms with Crippen LogP contribution >= 0.6 is 24.0 Å². The van der Waals surface area contributed by atoms with Gasteiger partial charge in [-0.3, -0.25) is 9.89 Å². The fraction of sp³-hybridized carbons (Fsp3) is 0.923. The summed E-state index contributed by atoms with van der Waals surface area (Å²) in [5, 5.41) is 6.37. The zero-order valence-electron chi connectivity index (χ0n) is 13.4. The van der Waals surface area contributed by atoms with Crippen LogP contribution in [0.3, 0.4) is 0 Å². The monoisotopic (exact) mass is 437 g/mol. The topological polar surface area (TPSA) is 42.9 Å². The summed E-state index contributed by atoms with van der Waals surface area (Å²) >= 11 is 0. The van der Waals surface area contributed by atoms with Crippen molar-refractivity contribution < 1.29 is 13.2 Å². The molecular weight excluding hydrogens is 410 g/mol. The van der Waals surface area contributed by atoms with Crippen LogP contribution in [-0.2, 0) is 0 Å². The van der Waals surface area contributed by atoms with Gasteiger partial charge in [0.15, 0.2) is 5.96 Å². The molecule has 1 unspecified atom stereocenters. The second kappa shape index (κ2) is 10.5. The number of hydrogen-bond acceptors (Lipinski definition) is 3. The summed E-state index contributed by atoms with van der Waals surface area (Å²) in [6.45, 7) is 1.80. The van der Waals surface area contributed by atoms with Gasteiger partial charge in [-0.2, -0.15) is 13.2 Å². The summed E-state index contributed by atoms with van der Waals surface area (Å²) in [5.41, 5.74) is 0. The smallest absolute Gasteiger partial charge is 0.356 e. The maximum absolute atomic E-state index is 12.3. The van der Waals surface area contributed by atoms with Crippen LogP contribution in [0.4, 0.5) is 13.2 Å². The van der Waals surface area contributed by atoms with Gasteiger partial charge in [-0.25, -0.2) is 0 Å². The van der Waals surface area contributed by atoms with Gasteiger partial charge in [0, 0.05) is 32.7 Å². The molecule has 0 aromatic carbocycles. The van der Waals surface area contributed by atoms with Crippen molar-refractivity contribution in [2.24, 2.45) is 4.99 Å². The Balaban J connectivity index is 0.00000441. The number of nitrogens with zero attached hydrogens (tertiary/aromatic N) is 3. The van der Waals surface area contributed by atoms with E-state index in [1.807, 2.05) is 14.1 Å². The molecule has 0 aromatic heterocycles. The van der Waals surface area contributed by atoms with Gasteiger partial charge in [0.05, 0.1) is 6.54 Å². The van der Waals surface area contributed by atoms with Gasteiger partial charge in [-0.1, -0.05) is 0 Å². The first-order valence-corrected chi connectivity index (χ1v) is 7.21. The van der Waals surface area contributed by atoms with Gasteiger partial charge in [-0.15, -0.1) is 24.0 Å². The van der Waals surface area contributed by atoms with Crippen molar-refractivity contribution in [3.05, 3.63) is 0 Å². The zero-order valence-corrected chi connectivity index (χ0v) is 15.7. The predicted octanol–water partition coefficient (Wildman–Crippen LogP) is 1.36. The summed E-state index contributed by atoms with van der Waals surface area (Å²) in [4.78, 5) is 7.64. The second-order valence-corrected chi connectivity index (χ2v) is 5.64. The number of halogens is 4.